The van der Waals surface area contributed by atoms with Crippen molar-refractivity contribution in [1.29, 1.82) is 0 Å². The summed E-state index contributed by atoms with van der Waals surface area (Å²) < 4.78 is 41.7. The van der Waals surface area contributed by atoms with Gasteiger partial charge in [0.05, 0.1) is 11.4 Å². The maximum atomic E-state index is 12.9. The highest BCUT2D eigenvalue weighted by Crippen LogP contribution is 2.32. The van der Waals surface area contributed by atoms with Gasteiger partial charge in [-0.1, -0.05) is 24.3 Å². The second kappa shape index (κ2) is 6.53. The molecule has 8 heteroatoms. The lowest BCUT2D eigenvalue weighted by atomic mass is 10.0. The van der Waals surface area contributed by atoms with Gasteiger partial charge in [-0.3, -0.25) is 4.68 Å². The molecule has 142 valence electrons. The molecule has 0 aliphatic carbocycles. The van der Waals surface area contributed by atoms with E-state index in [1.807, 2.05) is 18.3 Å². The molecule has 1 atom stereocenters. The third-order valence-electron chi connectivity index (χ3n) is 5.00. The van der Waals surface area contributed by atoms with Gasteiger partial charge in [0, 0.05) is 49.9 Å². The molecule has 5 nitrogen and oxygen atoms in total. The molecule has 3 heterocycles. The fourth-order valence-corrected chi connectivity index (χ4v) is 3.49. The summed E-state index contributed by atoms with van der Waals surface area (Å²) in [7, 11) is 1.29. The summed E-state index contributed by atoms with van der Waals surface area (Å²) in [6.07, 6.45) is -0.707. The number of aromatic nitrogens is 4. The number of halogens is 3. The fourth-order valence-electron chi connectivity index (χ4n) is 3.49. The smallest absolute Gasteiger partial charge is 0.396 e. The van der Waals surface area contributed by atoms with E-state index in [0.717, 1.165) is 47.2 Å². The van der Waals surface area contributed by atoms with Gasteiger partial charge >= 0.3 is 6.18 Å². The summed E-state index contributed by atoms with van der Waals surface area (Å²) in [5.74, 6) is 1.26. The van der Waals surface area contributed by atoms with Gasteiger partial charge in [-0.2, -0.15) is 18.3 Å². The summed E-state index contributed by atoms with van der Waals surface area (Å²) in [6.45, 7) is 0.927. The van der Waals surface area contributed by atoms with Crippen LogP contribution in [0.15, 0.2) is 36.5 Å². The average Bonchev–Trinajstić information content (AvgIpc) is 3.24. The molecule has 0 fully saturated rings. The van der Waals surface area contributed by atoms with Crippen molar-refractivity contribution in [2.24, 2.45) is 13.0 Å². The Kier molecular flexibility index (Phi) is 4.30. The molecular weight excluding hydrogens is 357 g/mol. The third-order valence-corrected chi connectivity index (χ3v) is 5.00. The standard InChI is InChI=1S/C19H19F3N4O/c1-25-17(19(20,21)22)8-15(24-25)13-3-5-14(6-4-13)16-10-26-9-12(11-27)2-7-18(26)23-16/h3-6,8,10,12,27H,2,7,9,11H2,1H3. The third kappa shape index (κ3) is 3.37. The molecule has 2 aromatic heterocycles. The minimum absolute atomic E-state index is 0.172. The largest absolute Gasteiger partial charge is 0.433 e. The van der Waals surface area contributed by atoms with E-state index in [-0.39, 0.29) is 18.2 Å². The van der Waals surface area contributed by atoms with Gasteiger partial charge in [0.25, 0.3) is 0 Å². The van der Waals surface area contributed by atoms with Crippen molar-refractivity contribution >= 4 is 0 Å². The van der Waals surface area contributed by atoms with E-state index in [4.69, 9.17) is 0 Å². The number of aliphatic hydroxyl groups is 1. The maximum Gasteiger partial charge on any atom is 0.433 e. The van der Waals surface area contributed by atoms with Crippen molar-refractivity contribution in [3.63, 3.8) is 0 Å². The molecule has 27 heavy (non-hydrogen) atoms. The number of rotatable bonds is 3. The van der Waals surface area contributed by atoms with E-state index >= 15 is 0 Å². The number of fused-ring (bicyclic) bond motifs is 1. The lowest BCUT2D eigenvalue weighted by molar-refractivity contribution is -0.143. The Morgan fingerprint density at radius 1 is 1.15 bits per heavy atom. The highest BCUT2D eigenvalue weighted by Gasteiger charge is 2.35. The average molecular weight is 376 g/mol. The number of nitrogens with zero attached hydrogens (tertiary/aromatic N) is 4. The lowest BCUT2D eigenvalue weighted by Gasteiger charge is -2.21. The van der Waals surface area contributed by atoms with E-state index in [0.29, 0.717) is 5.56 Å². The van der Waals surface area contributed by atoms with Gasteiger partial charge in [0.15, 0.2) is 0 Å². The minimum atomic E-state index is -4.43. The molecule has 0 amide bonds. The maximum absolute atomic E-state index is 12.9. The molecule has 0 spiro atoms. The Hall–Kier alpha value is -2.61. The van der Waals surface area contributed by atoms with Crippen LogP contribution < -0.4 is 0 Å². The lowest BCUT2D eigenvalue weighted by Crippen LogP contribution is -2.22. The zero-order valence-electron chi connectivity index (χ0n) is 14.7. The molecule has 0 saturated heterocycles. The SMILES string of the molecule is Cn1nc(-c2ccc(-c3cn4c(n3)CCC(CO)C4)cc2)cc1C(F)(F)F. The molecule has 0 radical (unpaired) electrons. The van der Waals surface area contributed by atoms with E-state index in [1.54, 1.807) is 12.1 Å². The first-order chi connectivity index (χ1) is 12.8. The summed E-state index contributed by atoms with van der Waals surface area (Å²) in [4.78, 5) is 4.66. The fraction of sp³-hybridized carbons (Fsp3) is 0.368. The van der Waals surface area contributed by atoms with Crippen LogP contribution in [0.5, 0.6) is 0 Å². The quantitative estimate of drug-likeness (QED) is 0.761. The van der Waals surface area contributed by atoms with E-state index < -0.39 is 11.9 Å². The highest BCUT2D eigenvalue weighted by atomic mass is 19.4. The van der Waals surface area contributed by atoms with Gasteiger partial charge in [-0.05, 0) is 12.5 Å². The second-order valence-electron chi connectivity index (χ2n) is 6.90. The van der Waals surface area contributed by atoms with Crippen LogP contribution in [0.4, 0.5) is 13.2 Å². The van der Waals surface area contributed by atoms with Gasteiger partial charge < -0.3 is 9.67 Å². The van der Waals surface area contributed by atoms with Crippen molar-refractivity contribution in [2.45, 2.75) is 25.6 Å². The highest BCUT2D eigenvalue weighted by molar-refractivity contribution is 5.66. The Bertz CT molecular complexity index is 956. The van der Waals surface area contributed by atoms with Crippen LogP contribution in [0, 0.1) is 5.92 Å². The number of benzene rings is 1. The normalized spacial score (nSPS) is 17.1. The number of hydrogen-bond acceptors (Lipinski definition) is 3. The molecule has 0 bridgehead atoms. The first-order valence-corrected chi connectivity index (χ1v) is 8.74. The van der Waals surface area contributed by atoms with E-state index in [9.17, 15) is 18.3 Å². The van der Waals surface area contributed by atoms with Crippen LogP contribution in [0.3, 0.4) is 0 Å². The van der Waals surface area contributed by atoms with Crippen molar-refractivity contribution in [3.05, 3.63) is 48.0 Å². The molecule has 1 N–H and O–H groups in total. The second-order valence-corrected chi connectivity index (χ2v) is 6.90. The Morgan fingerprint density at radius 2 is 1.81 bits per heavy atom. The van der Waals surface area contributed by atoms with Gasteiger partial charge in [-0.15, -0.1) is 0 Å². The number of aryl methyl sites for hydroxylation is 2. The van der Waals surface area contributed by atoms with Crippen LogP contribution >= 0.6 is 0 Å². The Balaban J connectivity index is 1.59. The minimum Gasteiger partial charge on any atom is -0.396 e. The summed E-state index contributed by atoms with van der Waals surface area (Å²) in [5, 5.41) is 13.3. The Morgan fingerprint density at radius 3 is 2.41 bits per heavy atom. The first kappa shape index (κ1) is 17.8. The van der Waals surface area contributed by atoms with Crippen molar-refractivity contribution in [1.82, 2.24) is 19.3 Å². The van der Waals surface area contributed by atoms with Crippen molar-refractivity contribution in [3.8, 4) is 22.5 Å². The topological polar surface area (TPSA) is 55.9 Å². The molecule has 1 unspecified atom stereocenters. The predicted octanol–water partition coefficient (Wildman–Crippen LogP) is 3.52. The van der Waals surface area contributed by atoms with Crippen LogP contribution in [0.25, 0.3) is 22.5 Å². The number of alkyl halides is 3. The first-order valence-electron chi connectivity index (χ1n) is 8.74. The molecule has 1 aliphatic heterocycles. The van der Waals surface area contributed by atoms with Crippen molar-refractivity contribution in [2.75, 3.05) is 6.61 Å². The van der Waals surface area contributed by atoms with Crippen LogP contribution in [-0.4, -0.2) is 31.0 Å². The van der Waals surface area contributed by atoms with Gasteiger partial charge in [-0.25, -0.2) is 4.98 Å². The van der Waals surface area contributed by atoms with Crippen LogP contribution in [-0.2, 0) is 26.2 Å². The summed E-state index contributed by atoms with van der Waals surface area (Å²) >= 11 is 0. The molecular formula is C19H19F3N4O. The van der Waals surface area contributed by atoms with E-state index in [2.05, 4.69) is 14.6 Å². The Labute approximate surface area is 154 Å². The molecule has 1 aromatic carbocycles. The zero-order chi connectivity index (χ0) is 19.2. The monoisotopic (exact) mass is 376 g/mol. The zero-order valence-corrected chi connectivity index (χ0v) is 14.7. The van der Waals surface area contributed by atoms with Gasteiger partial charge in [0.1, 0.15) is 11.5 Å². The summed E-state index contributed by atoms with van der Waals surface area (Å²) in [6, 6.07) is 8.25. The van der Waals surface area contributed by atoms with E-state index in [1.165, 1.54) is 7.05 Å². The van der Waals surface area contributed by atoms with Crippen LogP contribution in [0.1, 0.15) is 17.9 Å². The summed E-state index contributed by atoms with van der Waals surface area (Å²) in [5.41, 5.74) is 1.85. The number of aliphatic hydroxyl groups excluding tert-OH is 1. The molecule has 1 aliphatic rings. The molecule has 3 aromatic rings. The predicted molar refractivity (Wildman–Crippen MR) is 93.8 cm³/mol. The van der Waals surface area contributed by atoms with Crippen LogP contribution in [0.2, 0.25) is 0 Å². The number of imidazole rings is 1. The van der Waals surface area contributed by atoms with Crippen molar-refractivity contribution < 1.29 is 18.3 Å². The molecule has 0 saturated carbocycles. The van der Waals surface area contributed by atoms with Gasteiger partial charge in [0.2, 0.25) is 0 Å². The number of hydrogen-bond donors (Lipinski definition) is 1. The molecule has 4 rings (SSSR count).